The second-order valence-electron chi connectivity index (χ2n) is 5.62. The van der Waals surface area contributed by atoms with Gasteiger partial charge in [0, 0.05) is 6.54 Å². The summed E-state index contributed by atoms with van der Waals surface area (Å²) in [6, 6.07) is 16.6. The number of hydrogen-bond donors (Lipinski definition) is 1. The van der Waals surface area contributed by atoms with Crippen molar-refractivity contribution in [2.45, 2.75) is 19.4 Å². The highest BCUT2D eigenvalue weighted by atomic mass is 16.6. The molecular weight excluding hydrogens is 332 g/mol. The number of oxime groups is 1. The quantitative estimate of drug-likeness (QED) is 0.449. The SMILES string of the molecule is COC(=O)c1ccc(/C=N/OC(C)C(=O)NCCc2ccccc2)cc1. The van der Waals surface area contributed by atoms with E-state index in [-0.39, 0.29) is 5.91 Å². The molecule has 0 aliphatic heterocycles. The molecule has 0 aliphatic carbocycles. The van der Waals surface area contributed by atoms with Crippen LogP contribution < -0.4 is 5.32 Å². The number of ether oxygens (including phenoxy) is 1. The normalized spacial score (nSPS) is 11.8. The summed E-state index contributed by atoms with van der Waals surface area (Å²) in [5.74, 6) is -0.621. The van der Waals surface area contributed by atoms with Crippen molar-refractivity contribution in [2.24, 2.45) is 5.16 Å². The number of nitrogens with zero attached hydrogens (tertiary/aromatic N) is 1. The Bertz CT molecular complexity index is 742. The van der Waals surface area contributed by atoms with Gasteiger partial charge in [0.05, 0.1) is 18.9 Å². The van der Waals surface area contributed by atoms with Gasteiger partial charge in [0.25, 0.3) is 5.91 Å². The highest BCUT2D eigenvalue weighted by molar-refractivity contribution is 5.90. The number of carbonyl (C=O) groups excluding carboxylic acids is 2. The Kier molecular flexibility index (Phi) is 7.36. The van der Waals surface area contributed by atoms with Crippen molar-refractivity contribution < 1.29 is 19.2 Å². The topological polar surface area (TPSA) is 77.0 Å². The summed E-state index contributed by atoms with van der Waals surface area (Å²) in [4.78, 5) is 28.5. The molecule has 0 aromatic heterocycles. The summed E-state index contributed by atoms with van der Waals surface area (Å²) >= 11 is 0. The van der Waals surface area contributed by atoms with Crippen molar-refractivity contribution in [3.8, 4) is 0 Å². The van der Waals surface area contributed by atoms with Gasteiger partial charge in [-0.2, -0.15) is 0 Å². The molecule has 0 radical (unpaired) electrons. The first-order valence-corrected chi connectivity index (χ1v) is 8.29. The van der Waals surface area contributed by atoms with Gasteiger partial charge in [-0.3, -0.25) is 4.79 Å². The fourth-order valence-electron chi connectivity index (χ4n) is 2.17. The van der Waals surface area contributed by atoms with Gasteiger partial charge in [-0.05, 0) is 36.6 Å². The standard InChI is InChI=1S/C20H22N2O4/c1-15(19(23)21-13-12-16-6-4-3-5-7-16)26-22-14-17-8-10-18(11-9-17)20(24)25-2/h3-11,14-15H,12-13H2,1-2H3,(H,21,23)/b22-14+. The molecule has 1 N–H and O–H groups in total. The zero-order chi connectivity index (χ0) is 18.8. The molecule has 1 unspecified atom stereocenters. The predicted octanol–water partition coefficient (Wildman–Crippen LogP) is 2.57. The van der Waals surface area contributed by atoms with Crippen molar-refractivity contribution in [3.05, 3.63) is 71.3 Å². The Morgan fingerprint density at radius 1 is 1.12 bits per heavy atom. The highest BCUT2D eigenvalue weighted by Gasteiger charge is 2.13. The van der Waals surface area contributed by atoms with E-state index in [4.69, 9.17) is 4.84 Å². The Hall–Kier alpha value is -3.15. The van der Waals surface area contributed by atoms with Crippen molar-refractivity contribution >= 4 is 18.1 Å². The number of benzene rings is 2. The van der Waals surface area contributed by atoms with Crippen LogP contribution in [0.3, 0.4) is 0 Å². The van der Waals surface area contributed by atoms with E-state index in [1.54, 1.807) is 31.2 Å². The van der Waals surface area contributed by atoms with Gasteiger partial charge in [-0.1, -0.05) is 47.6 Å². The second kappa shape index (κ2) is 9.98. The maximum absolute atomic E-state index is 12.0. The van der Waals surface area contributed by atoms with E-state index >= 15 is 0 Å². The number of carbonyl (C=O) groups is 2. The Labute approximate surface area is 152 Å². The number of rotatable bonds is 8. The summed E-state index contributed by atoms with van der Waals surface area (Å²) in [5.41, 5.74) is 2.36. The lowest BCUT2D eigenvalue weighted by molar-refractivity contribution is -0.131. The van der Waals surface area contributed by atoms with E-state index in [0.717, 1.165) is 17.5 Å². The van der Waals surface area contributed by atoms with Gasteiger partial charge in [0.2, 0.25) is 6.10 Å². The highest BCUT2D eigenvalue weighted by Crippen LogP contribution is 2.04. The molecule has 0 aliphatic rings. The van der Waals surface area contributed by atoms with Crippen LogP contribution in [-0.4, -0.2) is 37.8 Å². The summed E-state index contributed by atoms with van der Waals surface area (Å²) in [5, 5.41) is 6.64. The Morgan fingerprint density at radius 2 is 1.81 bits per heavy atom. The lowest BCUT2D eigenvalue weighted by Crippen LogP contribution is -2.34. The molecule has 0 spiro atoms. The van der Waals surface area contributed by atoms with Crippen molar-refractivity contribution in [3.63, 3.8) is 0 Å². The minimum atomic E-state index is -0.698. The first-order valence-electron chi connectivity index (χ1n) is 8.29. The fourth-order valence-corrected chi connectivity index (χ4v) is 2.17. The van der Waals surface area contributed by atoms with E-state index in [0.29, 0.717) is 12.1 Å². The lowest BCUT2D eigenvalue weighted by atomic mass is 10.1. The molecule has 1 amide bonds. The maximum Gasteiger partial charge on any atom is 0.337 e. The number of methoxy groups -OCH3 is 1. The summed E-state index contributed by atoms with van der Waals surface area (Å²) in [6.07, 6.45) is 1.54. The second-order valence-corrected chi connectivity index (χ2v) is 5.62. The molecular formula is C20H22N2O4. The summed E-state index contributed by atoms with van der Waals surface area (Å²) < 4.78 is 4.63. The average molecular weight is 354 g/mol. The first kappa shape index (κ1) is 19.2. The zero-order valence-corrected chi connectivity index (χ0v) is 14.8. The van der Waals surface area contributed by atoms with Crippen LogP contribution in [0.5, 0.6) is 0 Å². The Balaban J connectivity index is 1.74. The molecule has 2 aromatic carbocycles. The van der Waals surface area contributed by atoms with Gasteiger partial charge < -0.3 is 14.9 Å². The predicted molar refractivity (Wildman–Crippen MR) is 99.1 cm³/mol. The van der Waals surface area contributed by atoms with Gasteiger partial charge in [0.15, 0.2) is 0 Å². The summed E-state index contributed by atoms with van der Waals surface area (Å²) in [7, 11) is 1.33. The van der Waals surface area contributed by atoms with Gasteiger partial charge in [-0.15, -0.1) is 0 Å². The minimum absolute atomic E-state index is 0.223. The molecule has 26 heavy (non-hydrogen) atoms. The maximum atomic E-state index is 12.0. The molecule has 0 saturated carbocycles. The monoisotopic (exact) mass is 354 g/mol. The van der Waals surface area contributed by atoms with Gasteiger partial charge in [-0.25, -0.2) is 4.79 Å². The number of esters is 1. The molecule has 0 bridgehead atoms. The molecule has 6 nitrogen and oxygen atoms in total. The van der Waals surface area contributed by atoms with Crippen LogP contribution in [0.25, 0.3) is 0 Å². The molecule has 2 aromatic rings. The van der Waals surface area contributed by atoms with Gasteiger partial charge >= 0.3 is 5.97 Å². The Morgan fingerprint density at radius 3 is 2.46 bits per heavy atom. The third-order valence-corrected chi connectivity index (χ3v) is 3.68. The molecule has 136 valence electrons. The van der Waals surface area contributed by atoms with Crippen LogP contribution in [0.1, 0.15) is 28.4 Å². The number of amides is 1. The van der Waals surface area contributed by atoms with E-state index in [9.17, 15) is 9.59 Å². The van der Waals surface area contributed by atoms with E-state index in [1.807, 2.05) is 30.3 Å². The van der Waals surface area contributed by atoms with Crippen LogP contribution >= 0.6 is 0 Å². The van der Waals surface area contributed by atoms with E-state index in [1.165, 1.54) is 13.3 Å². The van der Waals surface area contributed by atoms with Crippen molar-refractivity contribution in [1.82, 2.24) is 5.32 Å². The van der Waals surface area contributed by atoms with Crippen LogP contribution in [0.4, 0.5) is 0 Å². The molecule has 0 fully saturated rings. The van der Waals surface area contributed by atoms with Crippen molar-refractivity contribution in [2.75, 3.05) is 13.7 Å². The van der Waals surface area contributed by atoms with Crippen LogP contribution in [0.2, 0.25) is 0 Å². The molecule has 1 atom stereocenters. The largest absolute Gasteiger partial charge is 0.465 e. The molecule has 2 rings (SSSR count). The fraction of sp³-hybridized carbons (Fsp3) is 0.250. The first-order chi connectivity index (χ1) is 12.6. The third-order valence-electron chi connectivity index (χ3n) is 3.68. The average Bonchev–Trinajstić information content (AvgIpc) is 2.68. The third kappa shape index (κ3) is 6.05. The van der Waals surface area contributed by atoms with E-state index in [2.05, 4.69) is 15.2 Å². The lowest BCUT2D eigenvalue weighted by Gasteiger charge is -2.10. The number of hydrogen-bond acceptors (Lipinski definition) is 5. The molecule has 0 heterocycles. The zero-order valence-electron chi connectivity index (χ0n) is 14.8. The number of nitrogens with one attached hydrogen (secondary N) is 1. The smallest absolute Gasteiger partial charge is 0.337 e. The minimum Gasteiger partial charge on any atom is -0.465 e. The van der Waals surface area contributed by atoms with Crippen molar-refractivity contribution in [1.29, 1.82) is 0 Å². The van der Waals surface area contributed by atoms with Gasteiger partial charge in [0.1, 0.15) is 0 Å². The van der Waals surface area contributed by atoms with E-state index < -0.39 is 12.1 Å². The van der Waals surface area contributed by atoms with Crippen LogP contribution in [0.15, 0.2) is 59.8 Å². The molecule has 0 saturated heterocycles. The summed E-state index contributed by atoms with van der Waals surface area (Å²) in [6.45, 7) is 2.17. The van der Waals surface area contributed by atoms with Crippen LogP contribution in [0, 0.1) is 0 Å². The molecule has 6 heteroatoms. The van der Waals surface area contributed by atoms with Crippen LogP contribution in [-0.2, 0) is 20.8 Å².